The van der Waals surface area contributed by atoms with Crippen LogP contribution < -0.4 is 5.73 Å². The van der Waals surface area contributed by atoms with Gasteiger partial charge in [-0.05, 0) is 59.9 Å². The molecular weight excluding hydrogens is 236 g/mol. The fourth-order valence-electron chi connectivity index (χ4n) is 4.05. The zero-order valence-electron chi connectivity index (χ0n) is 13.6. The minimum atomic E-state index is -0.208. The summed E-state index contributed by atoms with van der Waals surface area (Å²) < 4.78 is 6.21. The average molecular weight is 268 g/mol. The van der Waals surface area contributed by atoms with Crippen LogP contribution in [0.1, 0.15) is 54.4 Å². The van der Waals surface area contributed by atoms with Crippen molar-refractivity contribution in [2.45, 2.75) is 77.7 Å². The molecule has 2 aliphatic heterocycles. The van der Waals surface area contributed by atoms with E-state index in [2.05, 4.69) is 46.4 Å². The highest BCUT2D eigenvalue weighted by atomic mass is 16.5. The molecule has 0 aliphatic carbocycles. The van der Waals surface area contributed by atoms with Gasteiger partial charge in [-0.25, -0.2) is 0 Å². The van der Waals surface area contributed by atoms with Crippen molar-refractivity contribution in [1.29, 1.82) is 0 Å². The fourth-order valence-corrected chi connectivity index (χ4v) is 4.05. The Hall–Kier alpha value is -0.120. The normalized spacial score (nSPS) is 42.5. The maximum atomic E-state index is 6.47. The maximum Gasteiger partial charge on any atom is 0.0788 e. The van der Waals surface area contributed by atoms with Crippen LogP contribution in [0.25, 0.3) is 0 Å². The summed E-state index contributed by atoms with van der Waals surface area (Å²) >= 11 is 0. The van der Waals surface area contributed by atoms with Gasteiger partial charge in [-0.3, -0.25) is 0 Å². The van der Waals surface area contributed by atoms with Gasteiger partial charge in [-0.1, -0.05) is 6.92 Å². The monoisotopic (exact) mass is 268 g/mol. The second-order valence-electron chi connectivity index (χ2n) is 7.91. The van der Waals surface area contributed by atoms with E-state index in [0.717, 1.165) is 12.5 Å². The van der Waals surface area contributed by atoms with E-state index in [1.807, 2.05) is 0 Å². The Kier molecular flexibility index (Phi) is 4.03. The number of rotatable bonds is 2. The first kappa shape index (κ1) is 15.3. The van der Waals surface area contributed by atoms with Crippen molar-refractivity contribution in [3.8, 4) is 0 Å². The molecule has 2 N–H and O–H groups in total. The predicted octanol–water partition coefficient (Wildman–Crippen LogP) is 2.64. The number of nitrogens with two attached hydrogens (primary N) is 1. The molecule has 2 saturated heterocycles. The van der Waals surface area contributed by atoms with Gasteiger partial charge in [0.2, 0.25) is 0 Å². The Morgan fingerprint density at radius 1 is 1.16 bits per heavy atom. The van der Waals surface area contributed by atoms with E-state index in [1.165, 1.54) is 19.4 Å². The van der Waals surface area contributed by atoms with Crippen molar-refractivity contribution >= 4 is 0 Å². The third-order valence-electron chi connectivity index (χ3n) is 5.36. The molecule has 2 rings (SSSR count). The molecule has 0 aromatic carbocycles. The molecular formula is C16H32N2O. The SMILES string of the molecule is CC1CCN(CC2C(N)C(C)(C)OC2(C)C)C(C)C1. The molecule has 4 unspecified atom stereocenters. The number of nitrogens with zero attached hydrogens (tertiary/aromatic N) is 1. The summed E-state index contributed by atoms with van der Waals surface area (Å²) in [5.41, 5.74) is 6.14. The minimum Gasteiger partial charge on any atom is -0.368 e. The van der Waals surface area contributed by atoms with E-state index in [9.17, 15) is 0 Å². The molecule has 2 fully saturated rings. The number of hydrogen-bond donors (Lipinski definition) is 1. The highest BCUT2D eigenvalue weighted by Gasteiger charge is 2.52. The van der Waals surface area contributed by atoms with Crippen LogP contribution in [0.4, 0.5) is 0 Å². The van der Waals surface area contributed by atoms with Gasteiger partial charge >= 0.3 is 0 Å². The molecule has 0 bridgehead atoms. The Bertz CT molecular complexity index is 327. The molecule has 3 heteroatoms. The van der Waals surface area contributed by atoms with Gasteiger partial charge in [0.1, 0.15) is 0 Å². The Morgan fingerprint density at radius 2 is 1.79 bits per heavy atom. The average Bonchev–Trinajstić information content (AvgIpc) is 2.39. The predicted molar refractivity (Wildman–Crippen MR) is 80.1 cm³/mol. The molecule has 112 valence electrons. The molecule has 0 amide bonds. The van der Waals surface area contributed by atoms with E-state index in [-0.39, 0.29) is 17.2 Å². The number of hydrogen-bond acceptors (Lipinski definition) is 3. The smallest absolute Gasteiger partial charge is 0.0788 e. The van der Waals surface area contributed by atoms with E-state index in [4.69, 9.17) is 10.5 Å². The van der Waals surface area contributed by atoms with E-state index < -0.39 is 0 Å². The maximum absolute atomic E-state index is 6.47. The number of ether oxygens (including phenoxy) is 1. The standard InChI is InChI=1S/C16H32N2O/c1-11-7-8-18(12(2)9-11)10-13-14(17)16(5,6)19-15(13,3)4/h11-14H,7-10,17H2,1-6H3. The Morgan fingerprint density at radius 3 is 2.26 bits per heavy atom. The second-order valence-corrected chi connectivity index (χ2v) is 7.91. The van der Waals surface area contributed by atoms with E-state index in [1.54, 1.807) is 0 Å². The largest absolute Gasteiger partial charge is 0.368 e. The van der Waals surface area contributed by atoms with Gasteiger partial charge in [-0.2, -0.15) is 0 Å². The van der Waals surface area contributed by atoms with Gasteiger partial charge in [0.05, 0.1) is 11.2 Å². The van der Waals surface area contributed by atoms with Gasteiger partial charge in [0, 0.05) is 24.5 Å². The lowest BCUT2D eigenvalue weighted by Crippen LogP contribution is -2.51. The molecule has 0 aromatic heterocycles. The van der Waals surface area contributed by atoms with Crippen molar-refractivity contribution in [3.63, 3.8) is 0 Å². The van der Waals surface area contributed by atoms with Crippen LogP contribution >= 0.6 is 0 Å². The first-order valence-electron chi connectivity index (χ1n) is 7.83. The van der Waals surface area contributed by atoms with Crippen LogP contribution in [0.5, 0.6) is 0 Å². The molecule has 2 aliphatic rings. The molecule has 19 heavy (non-hydrogen) atoms. The Balaban J connectivity index is 2.06. The van der Waals surface area contributed by atoms with E-state index >= 15 is 0 Å². The molecule has 2 heterocycles. The van der Waals surface area contributed by atoms with Crippen LogP contribution in [0.3, 0.4) is 0 Å². The summed E-state index contributed by atoms with van der Waals surface area (Å²) in [6, 6.07) is 0.796. The first-order chi connectivity index (χ1) is 8.63. The topological polar surface area (TPSA) is 38.5 Å². The van der Waals surface area contributed by atoms with Crippen LogP contribution in [0.15, 0.2) is 0 Å². The van der Waals surface area contributed by atoms with Crippen molar-refractivity contribution in [2.24, 2.45) is 17.6 Å². The molecule has 0 saturated carbocycles. The van der Waals surface area contributed by atoms with Crippen LogP contribution in [0, 0.1) is 11.8 Å². The summed E-state index contributed by atoms with van der Waals surface area (Å²) in [5.74, 6) is 1.28. The Labute approximate surface area is 118 Å². The quantitative estimate of drug-likeness (QED) is 0.837. The third kappa shape index (κ3) is 2.98. The first-order valence-corrected chi connectivity index (χ1v) is 7.83. The van der Waals surface area contributed by atoms with Crippen molar-refractivity contribution < 1.29 is 4.74 Å². The van der Waals surface area contributed by atoms with Crippen molar-refractivity contribution in [3.05, 3.63) is 0 Å². The lowest BCUT2D eigenvalue weighted by molar-refractivity contribution is -0.0798. The van der Waals surface area contributed by atoms with Crippen LogP contribution in [-0.4, -0.2) is 41.3 Å². The van der Waals surface area contributed by atoms with Gasteiger partial charge in [-0.15, -0.1) is 0 Å². The zero-order chi connectivity index (χ0) is 14.4. The van der Waals surface area contributed by atoms with E-state index in [0.29, 0.717) is 12.0 Å². The van der Waals surface area contributed by atoms with Crippen molar-refractivity contribution in [2.75, 3.05) is 13.1 Å². The van der Waals surface area contributed by atoms with Gasteiger partial charge < -0.3 is 15.4 Å². The van der Waals surface area contributed by atoms with Crippen LogP contribution in [-0.2, 0) is 4.74 Å². The van der Waals surface area contributed by atoms with Gasteiger partial charge in [0.15, 0.2) is 0 Å². The lowest BCUT2D eigenvalue weighted by Gasteiger charge is -2.40. The highest BCUT2D eigenvalue weighted by molar-refractivity contribution is 5.05. The molecule has 0 aromatic rings. The van der Waals surface area contributed by atoms with Gasteiger partial charge in [0.25, 0.3) is 0 Å². The minimum absolute atomic E-state index is 0.119. The summed E-state index contributed by atoms with van der Waals surface area (Å²) in [7, 11) is 0. The fraction of sp³-hybridized carbons (Fsp3) is 1.00. The van der Waals surface area contributed by atoms with Crippen molar-refractivity contribution in [1.82, 2.24) is 4.90 Å². The third-order valence-corrected chi connectivity index (χ3v) is 5.36. The molecule has 3 nitrogen and oxygen atoms in total. The van der Waals surface area contributed by atoms with Crippen LogP contribution in [0.2, 0.25) is 0 Å². The summed E-state index contributed by atoms with van der Waals surface area (Å²) in [5, 5.41) is 0. The number of likely N-dealkylation sites (tertiary alicyclic amines) is 1. The number of piperidine rings is 1. The molecule has 0 radical (unpaired) electrons. The summed E-state index contributed by atoms with van der Waals surface area (Å²) in [6.45, 7) is 15.7. The second kappa shape index (κ2) is 5.01. The lowest BCUT2D eigenvalue weighted by atomic mass is 9.81. The molecule has 0 spiro atoms. The highest BCUT2D eigenvalue weighted by Crippen LogP contribution is 2.42. The summed E-state index contributed by atoms with van der Waals surface area (Å²) in [4.78, 5) is 2.62. The molecule has 4 atom stereocenters. The zero-order valence-corrected chi connectivity index (χ0v) is 13.6. The summed E-state index contributed by atoms with van der Waals surface area (Å²) in [6.07, 6.45) is 2.63.